The molecule has 8 unspecified atom stereocenters. The zero-order valence-electron chi connectivity index (χ0n) is 49.8. The molecule has 11 heteroatoms. The van der Waals surface area contributed by atoms with E-state index in [0.717, 1.165) is 77.0 Å². The third kappa shape index (κ3) is 42.2. The van der Waals surface area contributed by atoms with Crippen molar-refractivity contribution in [3.8, 4) is 0 Å². The number of unbranched alkanes of at least 4 members (excludes halogenated alkanes) is 35. The van der Waals surface area contributed by atoms with E-state index in [1.807, 2.05) is 6.08 Å². The zero-order chi connectivity index (χ0) is 56.1. The number of rotatable bonds is 55. The van der Waals surface area contributed by atoms with Crippen LogP contribution in [0, 0.1) is 0 Å². The Balaban J connectivity index is 2.59. The van der Waals surface area contributed by atoms with Crippen LogP contribution in [0.4, 0.5) is 0 Å². The molecule has 0 spiro atoms. The minimum absolute atomic E-state index is 0.123. The quantitative estimate of drug-likeness (QED) is 0.0195. The van der Waals surface area contributed by atoms with Gasteiger partial charge in [0.1, 0.15) is 24.4 Å². The first-order valence-electron chi connectivity index (χ1n) is 32.4. The highest BCUT2D eigenvalue weighted by Crippen LogP contribution is 2.26. The maximum absolute atomic E-state index is 13.4. The van der Waals surface area contributed by atoms with Gasteiger partial charge in [0.15, 0.2) is 12.4 Å². The van der Waals surface area contributed by atoms with Crippen molar-refractivity contribution in [1.82, 2.24) is 5.32 Å². The number of allylic oxidation sites excluding steroid dienone is 7. The van der Waals surface area contributed by atoms with Gasteiger partial charge in [-0.3, -0.25) is 9.59 Å². The highest BCUT2D eigenvalue weighted by molar-refractivity contribution is 5.80. The summed E-state index contributed by atoms with van der Waals surface area (Å²) in [6, 6.07) is -1.02. The minimum atomic E-state index is -1.61. The second-order valence-corrected chi connectivity index (χ2v) is 22.5. The molecule has 0 aromatic heterocycles. The monoisotopic (exact) mass is 1090 g/mol. The van der Waals surface area contributed by atoms with E-state index in [9.17, 15) is 35.1 Å². The molecule has 1 amide bonds. The van der Waals surface area contributed by atoms with E-state index in [2.05, 4.69) is 62.5 Å². The topological polar surface area (TPSA) is 175 Å². The van der Waals surface area contributed by atoms with Gasteiger partial charge in [0.2, 0.25) is 5.91 Å². The summed E-state index contributed by atoms with van der Waals surface area (Å²) in [7, 11) is 0. The number of hydrogen-bond donors (Lipinski definition) is 6. The molecule has 0 aliphatic carbocycles. The lowest BCUT2D eigenvalue weighted by Crippen LogP contribution is -2.61. The molecule has 0 aromatic rings. The lowest BCUT2D eigenvalue weighted by Gasteiger charge is -2.41. The van der Waals surface area contributed by atoms with Crippen molar-refractivity contribution in [1.29, 1.82) is 0 Å². The van der Waals surface area contributed by atoms with E-state index >= 15 is 0 Å². The Morgan fingerprint density at radius 2 is 0.896 bits per heavy atom. The van der Waals surface area contributed by atoms with Gasteiger partial charge >= 0.3 is 5.97 Å². The van der Waals surface area contributed by atoms with Gasteiger partial charge in [-0.15, -0.1) is 0 Å². The van der Waals surface area contributed by atoms with Crippen LogP contribution in [-0.4, -0.2) is 99.6 Å². The molecule has 1 heterocycles. The average Bonchev–Trinajstić information content (AvgIpc) is 3.43. The third-order valence-electron chi connectivity index (χ3n) is 15.2. The molecule has 8 atom stereocenters. The Hall–Kier alpha value is -2.38. The molecule has 450 valence electrons. The van der Waals surface area contributed by atoms with E-state index in [-0.39, 0.29) is 19.4 Å². The van der Waals surface area contributed by atoms with Crippen molar-refractivity contribution in [2.75, 3.05) is 13.2 Å². The highest BCUT2D eigenvalue weighted by atomic mass is 16.7. The maximum atomic E-state index is 13.4. The lowest BCUT2D eigenvalue weighted by atomic mass is 9.99. The second kappa shape index (κ2) is 54.2. The first-order chi connectivity index (χ1) is 37.7. The predicted octanol–water partition coefficient (Wildman–Crippen LogP) is 15.6. The Kier molecular flexibility index (Phi) is 51.1. The summed E-state index contributed by atoms with van der Waals surface area (Å²) in [4.78, 5) is 26.5. The molecule has 0 aromatic carbocycles. The van der Waals surface area contributed by atoms with E-state index in [1.165, 1.54) is 173 Å². The summed E-state index contributed by atoms with van der Waals surface area (Å²) in [5.74, 6) is -1.19. The summed E-state index contributed by atoms with van der Waals surface area (Å²) in [6.45, 7) is 5.76. The number of ether oxygens (including phenoxy) is 3. The normalized spacial score (nSPS) is 19.3. The fourth-order valence-corrected chi connectivity index (χ4v) is 10.0. The third-order valence-corrected chi connectivity index (χ3v) is 15.2. The molecule has 6 N–H and O–H groups in total. The number of nitrogens with one attached hydrogen (secondary N) is 1. The van der Waals surface area contributed by atoms with Crippen molar-refractivity contribution >= 4 is 11.9 Å². The molecule has 11 nitrogen and oxygen atoms in total. The smallest absolute Gasteiger partial charge is 0.306 e. The van der Waals surface area contributed by atoms with Gasteiger partial charge < -0.3 is 45.1 Å². The van der Waals surface area contributed by atoms with Gasteiger partial charge in [-0.05, 0) is 83.5 Å². The van der Waals surface area contributed by atoms with E-state index in [1.54, 1.807) is 6.08 Å². The summed E-state index contributed by atoms with van der Waals surface area (Å²) in [6.07, 6.45) is 55.8. The van der Waals surface area contributed by atoms with E-state index < -0.39 is 67.4 Å². The summed E-state index contributed by atoms with van der Waals surface area (Å²) >= 11 is 0. The van der Waals surface area contributed by atoms with Crippen LogP contribution in [-0.2, 0) is 23.8 Å². The van der Waals surface area contributed by atoms with Crippen LogP contribution in [0.1, 0.15) is 297 Å². The van der Waals surface area contributed by atoms with Crippen molar-refractivity contribution in [3.63, 3.8) is 0 Å². The molecule has 0 bridgehead atoms. The Morgan fingerprint density at radius 1 is 0.506 bits per heavy atom. The molecule has 1 aliphatic rings. The SMILES string of the molecule is CCCCC/C=C\C/C=C\CCCCCCCCCCCCCCCC(=O)OC1C(OCC(NC(=O)C(O)CCCCCCCC/C=C\CCCCCC)C(O)/C=C/CCCCCCCCCCC)OC(CO)C(O)C1O. The van der Waals surface area contributed by atoms with Gasteiger partial charge in [0, 0.05) is 6.42 Å². The largest absolute Gasteiger partial charge is 0.454 e. The standard InChI is InChI=1S/C66H121NO10/c1-4-7-10-13-16-19-22-24-26-27-28-29-30-31-32-33-34-36-39-42-45-48-51-54-61(71)77-64-63(73)62(72)60(55-68)76-66(64)75-56-57(58(69)52-49-46-43-40-37-21-18-15-12-9-6-3)67-65(74)59(70)53-50-47-44-41-38-35-25-23-20-17-14-11-8-5-2/h16,19-20,23-24,26,49,52,57-60,62-64,66,68-70,72-73H,4-15,17-18,21-22,25,27-48,50-51,53-56H2,1-3H3,(H,67,74)/b19-16-,23-20-,26-24-,52-49+. The van der Waals surface area contributed by atoms with Crippen LogP contribution < -0.4 is 5.32 Å². The molecule has 1 fully saturated rings. The number of aliphatic hydroxyl groups excluding tert-OH is 5. The average molecular weight is 1090 g/mol. The zero-order valence-corrected chi connectivity index (χ0v) is 49.8. The number of carbonyl (C=O) groups is 2. The van der Waals surface area contributed by atoms with Gasteiger partial charge in [-0.2, -0.15) is 0 Å². The fourth-order valence-electron chi connectivity index (χ4n) is 10.0. The summed E-state index contributed by atoms with van der Waals surface area (Å²) in [5, 5.41) is 57.0. The highest BCUT2D eigenvalue weighted by Gasteiger charge is 2.47. The number of amides is 1. The minimum Gasteiger partial charge on any atom is -0.454 e. The van der Waals surface area contributed by atoms with Crippen molar-refractivity contribution in [2.24, 2.45) is 0 Å². The Bertz CT molecular complexity index is 1440. The Morgan fingerprint density at radius 3 is 1.38 bits per heavy atom. The number of carbonyl (C=O) groups excluding carboxylic acids is 2. The summed E-state index contributed by atoms with van der Waals surface area (Å²) in [5.41, 5.74) is 0. The second-order valence-electron chi connectivity index (χ2n) is 22.5. The van der Waals surface area contributed by atoms with Gasteiger partial charge in [0.25, 0.3) is 0 Å². The maximum Gasteiger partial charge on any atom is 0.306 e. The molecule has 77 heavy (non-hydrogen) atoms. The molecule has 1 rings (SSSR count). The van der Waals surface area contributed by atoms with Crippen LogP contribution in [0.15, 0.2) is 48.6 Å². The molecule has 0 saturated carbocycles. The van der Waals surface area contributed by atoms with Gasteiger partial charge in [0.05, 0.1) is 25.4 Å². The first-order valence-corrected chi connectivity index (χ1v) is 32.4. The Labute approximate surface area is 472 Å². The molecular weight excluding hydrogens is 967 g/mol. The van der Waals surface area contributed by atoms with Crippen molar-refractivity contribution < 1.29 is 49.3 Å². The van der Waals surface area contributed by atoms with Crippen LogP contribution in [0.5, 0.6) is 0 Å². The van der Waals surface area contributed by atoms with E-state index in [4.69, 9.17) is 14.2 Å². The van der Waals surface area contributed by atoms with Crippen molar-refractivity contribution in [2.45, 2.75) is 346 Å². The van der Waals surface area contributed by atoms with Gasteiger partial charge in [-0.1, -0.05) is 256 Å². The van der Waals surface area contributed by atoms with Crippen LogP contribution in [0.3, 0.4) is 0 Å². The number of hydrogen-bond acceptors (Lipinski definition) is 10. The van der Waals surface area contributed by atoms with Crippen LogP contribution in [0.25, 0.3) is 0 Å². The first kappa shape index (κ1) is 72.6. The van der Waals surface area contributed by atoms with Crippen molar-refractivity contribution in [3.05, 3.63) is 48.6 Å². The number of esters is 1. The van der Waals surface area contributed by atoms with Crippen LogP contribution >= 0.6 is 0 Å². The lowest BCUT2D eigenvalue weighted by molar-refractivity contribution is -0.305. The molecule has 1 aliphatic heterocycles. The number of aliphatic hydroxyl groups is 5. The molecule has 1 saturated heterocycles. The molecule has 0 radical (unpaired) electrons. The van der Waals surface area contributed by atoms with Crippen LogP contribution in [0.2, 0.25) is 0 Å². The van der Waals surface area contributed by atoms with E-state index in [0.29, 0.717) is 12.8 Å². The fraction of sp³-hybridized carbons (Fsp3) is 0.848. The summed E-state index contributed by atoms with van der Waals surface area (Å²) < 4.78 is 17.6. The molecular formula is C66H121NO10. The predicted molar refractivity (Wildman–Crippen MR) is 320 cm³/mol. The van der Waals surface area contributed by atoms with Gasteiger partial charge in [-0.25, -0.2) is 0 Å².